The number of nitrogens with one attached hydrogen (secondary N) is 1. The number of carbonyl (C=O) groups is 2. The zero-order chi connectivity index (χ0) is 23.1. The van der Waals surface area contributed by atoms with Crippen molar-refractivity contribution in [1.82, 2.24) is 9.47 Å². The molecule has 33 heavy (non-hydrogen) atoms. The van der Waals surface area contributed by atoms with Crippen molar-refractivity contribution < 1.29 is 14.3 Å². The Morgan fingerprint density at radius 1 is 1.12 bits per heavy atom. The molecule has 1 aromatic carbocycles. The van der Waals surface area contributed by atoms with Gasteiger partial charge in [-0.15, -0.1) is 11.3 Å². The quantitative estimate of drug-likeness (QED) is 0.488. The van der Waals surface area contributed by atoms with Gasteiger partial charge < -0.3 is 19.5 Å². The molecule has 1 N–H and O–H groups in total. The van der Waals surface area contributed by atoms with E-state index in [-0.39, 0.29) is 18.0 Å². The Morgan fingerprint density at radius 2 is 1.94 bits per heavy atom. The van der Waals surface area contributed by atoms with E-state index in [2.05, 4.69) is 42.1 Å². The molecule has 6 nitrogen and oxygen atoms in total. The van der Waals surface area contributed by atoms with Crippen LogP contribution in [0, 0.1) is 5.92 Å². The van der Waals surface area contributed by atoms with Gasteiger partial charge in [0.1, 0.15) is 5.00 Å². The van der Waals surface area contributed by atoms with Gasteiger partial charge in [-0.1, -0.05) is 19.9 Å². The van der Waals surface area contributed by atoms with Gasteiger partial charge in [0.25, 0.3) is 0 Å². The first-order chi connectivity index (χ1) is 16.0. The van der Waals surface area contributed by atoms with Gasteiger partial charge in [-0.25, -0.2) is 9.59 Å². The molecular weight excluding hydrogens is 434 g/mol. The first-order valence-corrected chi connectivity index (χ1v) is 12.4. The van der Waals surface area contributed by atoms with Gasteiger partial charge in [-0.05, 0) is 67.5 Å². The molecule has 5 rings (SSSR count). The van der Waals surface area contributed by atoms with Crippen molar-refractivity contribution in [2.75, 3.05) is 12.4 Å². The third-order valence-corrected chi connectivity index (χ3v) is 7.99. The van der Waals surface area contributed by atoms with Crippen molar-refractivity contribution in [2.45, 2.75) is 52.1 Å². The number of aromatic nitrogens is 1. The molecule has 0 fully saturated rings. The molecule has 7 heteroatoms. The molecule has 1 aliphatic carbocycles. The molecular formula is C26H29N3O3S. The fourth-order valence-electron chi connectivity index (χ4n) is 5.16. The number of methoxy groups -OCH3 is 1. The summed E-state index contributed by atoms with van der Waals surface area (Å²) in [6, 6.07) is 10.9. The minimum Gasteiger partial charge on any atom is -0.465 e. The Labute approximate surface area is 198 Å². The Kier molecular flexibility index (Phi) is 5.74. The van der Waals surface area contributed by atoms with E-state index in [0.29, 0.717) is 17.8 Å². The molecule has 2 aromatic heterocycles. The van der Waals surface area contributed by atoms with E-state index in [1.807, 2.05) is 16.2 Å². The monoisotopic (exact) mass is 463 g/mol. The average Bonchev–Trinajstić information content (AvgIpc) is 3.40. The Bertz CT molecular complexity index is 1210. The number of rotatable bonds is 3. The highest BCUT2D eigenvalue weighted by Gasteiger charge is 2.36. The molecule has 0 spiro atoms. The maximum atomic E-state index is 13.7. The lowest BCUT2D eigenvalue weighted by atomic mass is 9.94. The van der Waals surface area contributed by atoms with Crippen molar-refractivity contribution in [2.24, 2.45) is 5.92 Å². The van der Waals surface area contributed by atoms with Gasteiger partial charge in [-0.2, -0.15) is 0 Å². The van der Waals surface area contributed by atoms with Crippen LogP contribution in [0.1, 0.15) is 64.8 Å². The number of ether oxygens (including phenoxy) is 1. The molecule has 2 aliphatic rings. The number of fused-ring (bicyclic) bond motifs is 5. The van der Waals surface area contributed by atoms with Crippen molar-refractivity contribution >= 4 is 29.0 Å². The number of thiophene rings is 1. The molecule has 2 amide bonds. The molecule has 0 unspecified atom stereocenters. The lowest BCUT2D eigenvalue weighted by Gasteiger charge is -2.33. The normalized spacial score (nSPS) is 17.1. The molecule has 3 aromatic rings. The predicted molar refractivity (Wildman–Crippen MR) is 130 cm³/mol. The second-order valence-electron chi connectivity index (χ2n) is 9.12. The van der Waals surface area contributed by atoms with Gasteiger partial charge in [0.15, 0.2) is 0 Å². The van der Waals surface area contributed by atoms with Crippen LogP contribution < -0.4 is 5.32 Å². The summed E-state index contributed by atoms with van der Waals surface area (Å²) in [6.07, 6.45) is 6.78. The number of hydrogen-bond acceptors (Lipinski definition) is 4. The SMILES string of the molecule is COC(=O)c1cccc(NC(=O)N2Cc3c(sc4c3CCCC4)-n3cccc3[C@H]2C(C)C)c1. The van der Waals surface area contributed by atoms with Crippen LogP contribution in [0.2, 0.25) is 0 Å². The summed E-state index contributed by atoms with van der Waals surface area (Å²) >= 11 is 1.89. The lowest BCUT2D eigenvalue weighted by Crippen LogP contribution is -2.39. The molecule has 3 heterocycles. The van der Waals surface area contributed by atoms with Crippen LogP contribution in [0.15, 0.2) is 42.6 Å². The molecule has 0 saturated carbocycles. The van der Waals surface area contributed by atoms with Crippen molar-refractivity contribution in [3.05, 3.63) is 69.9 Å². The topological polar surface area (TPSA) is 63.6 Å². The van der Waals surface area contributed by atoms with Gasteiger partial charge in [0, 0.05) is 28.0 Å². The number of carbonyl (C=O) groups excluding carboxylic acids is 2. The summed E-state index contributed by atoms with van der Waals surface area (Å²) in [5.74, 6) is -0.191. The van der Waals surface area contributed by atoms with Crippen LogP contribution >= 0.6 is 11.3 Å². The number of benzene rings is 1. The molecule has 0 saturated heterocycles. The van der Waals surface area contributed by atoms with Crippen molar-refractivity contribution in [3.8, 4) is 5.00 Å². The lowest BCUT2D eigenvalue weighted by molar-refractivity contribution is 0.0600. The summed E-state index contributed by atoms with van der Waals surface area (Å²) in [5.41, 5.74) is 4.86. The molecule has 0 radical (unpaired) electrons. The number of esters is 1. The van der Waals surface area contributed by atoms with E-state index in [1.165, 1.54) is 41.0 Å². The predicted octanol–water partition coefficient (Wildman–Crippen LogP) is 5.95. The highest BCUT2D eigenvalue weighted by Crippen LogP contribution is 2.44. The van der Waals surface area contributed by atoms with Crippen molar-refractivity contribution in [3.63, 3.8) is 0 Å². The number of urea groups is 1. The summed E-state index contributed by atoms with van der Waals surface area (Å²) < 4.78 is 7.13. The Morgan fingerprint density at radius 3 is 2.73 bits per heavy atom. The minimum atomic E-state index is -0.423. The van der Waals surface area contributed by atoms with Gasteiger partial charge >= 0.3 is 12.0 Å². The molecule has 172 valence electrons. The first-order valence-electron chi connectivity index (χ1n) is 11.5. The number of hydrogen-bond donors (Lipinski definition) is 1. The number of amides is 2. The number of aryl methyl sites for hydroxylation is 1. The first kappa shape index (κ1) is 21.8. The summed E-state index contributed by atoms with van der Waals surface area (Å²) in [4.78, 5) is 29.1. The molecule has 0 bridgehead atoms. The fraction of sp³-hybridized carbons (Fsp3) is 0.385. The number of nitrogens with zero attached hydrogens (tertiary/aromatic N) is 2. The van der Waals surface area contributed by atoms with E-state index in [1.54, 1.807) is 24.3 Å². The van der Waals surface area contributed by atoms with Crippen LogP contribution in [-0.4, -0.2) is 28.6 Å². The molecule has 1 aliphatic heterocycles. The molecule has 1 atom stereocenters. The van der Waals surface area contributed by atoms with Crippen LogP contribution in [-0.2, 0) is 24.1 Å². The third-order valence-electron chi connectivity index (χ3n) is 6.65. The van der Waals surface area contributed by atoms with Crippen LogP contribution in [0.25, 0.3) is 5.00 Å². The van der Waals surface area contributed by atoms with Gasteiger partial charge in [0.2, 0.25) is 0 Å². The van der Waals surface area contributed by atoms with E-state index in [9.17, 15) is 9.59 Å². The third kappa shape index (κ3) is 3.84. The standard InChI is InChI=1S/C26H29N3O3S/c1-16(2)23-21-11-7-13-28(21)24-20(19-10-4-5-12-22(19)33-24)15-29(23)26(31)27-18-9-6-8-17(14-18)25(30)32-3/h6-9,11,13-14,16,23H,4-5,10,12,15H2,1-3H3,(H,27,31)/t23-/m1/s1. The van der Waals surface area contributed by atoms with E-state index in [4.69, 9.17) is 4.74 Å². The van der Waals surface area contributed by atoms with Gasteiger partial charge in [0.05, 0.1) is 25.3 Å². The Hall–Kier alpha value is -3.06. The highest BCUT2D eigenvalue weighted by molar-refractivity contribution is 7.15. The van der Waals surface area contributed by atoms with Gasteiger partial charge in [-0.3, -0.25) is 0 Å². The average molecular weight is 464 g/mol. The zero-order valence-electron chi connectivity index (χ0n) is 19.3. The maximum absolute atomic E-state index is 13.7. The van der Waals surface area contributed by atoms with Crippen LogP contribution in [0.5, 0.6) is 0 Å². The van der Waals surface area contributed by atoms with E-state index < -0.39 is 5.97 Å². The smallest absolute Gasteiger partial charge is 0.337 e. The van der Waals surface area contributed by atoms with E-state index in [0.717, 1.165) is 18.5 Å². The fourth-order valence-corrected chi connectivity index (χ4v) is 6.56. The van der Waals surface area contributed by atoms with E-state index >= 15 is 0 Å². The zero-order valence-corrected chi connectivity index (χ0v) is 20.1. The second kappa shape index (κ2) is 8.71. The second-order valence-corrected chi connectivity index (χ2v) is 10.2. The minimum absolute atomic E-state index is 0.0670. The summed E-state index contributed by atoms with van der Waals surface area (Å²) in [5, 5.41) is 4.30. The van der Waals surface area contributed by atoms with Crippen molar-refractivity contribution in [1.29, 1.82) is 0 Å². The largest absolute Gasteiger partial charge is 0.465 e. The van der Waals surface area contributed by atoms with Crippen LogP contribution in [0.3, 0.4) is 0 Å². The maximum Gasteiger partial charge on any atom is 0.337 e. The highest BCUT2D eigenvalue weighted by atomic mass is 32.1. The summed E-state index contributed by atoms with van der Waals surface area (Å²) in [7, 11) is 1.35. The van der Waals surface area contributed by atoms with Crippen LogP contribution in [0.4, 0.5) is 10.5 Å². The Balaban J connectivity index is 1.54. The number of anilines is 1. The summed E-state index contributed by atoms with van der Waals surface area (Å²) in [6.45, 7) is 4.90.